The maximum absolute atomic E-state index is 12.7. The predicted octanol–water partition coefficient (Wildman–Crippen LogP) is 4.76. The second-order valence-corrected chi connectivity index (χ2v) is 7.13. The molecular weight excluding hydrogens is 374 g/mol. The number of hydrogen-bond donors (Lipinski definition) is 0. The van der Waals surface area contributed by atoms with Crippen LogP contribution in [0.5, 0.6) is 11.5 Å². The standard InChI is InChI=1S/C22H23NO4S/c1-3-26-18-11-10-17(19(15-18)27-4-2)14-20-21(24)23(22(25)28-20)13-12-16-8-6-5-7-9-16/h5-11,14-15H,3-4,12-13H2,1-2H3/b20-14-. The lowest BCUT2D eigenvalue weighted by Gasteiger charge is -2.12. The van der Waals surface area contributed by atoms with Gasteiger partial charge in [0.2, 0.25) is 0 Å². The van der Waals surface area contributed by atoms with Crippen LogP contribution in [0, 0.1) is 0 Å². The molecule has 1 saturated heterocycles. The third-order valence-corrected chi connectivity index (χ3v) is 5.13. The Morgan fingerprint density at radius 1 is 1.00 bits per heavy atom. The van der Waals surface area contributed by atoms with Gasteiger partial charge in [-0.25, -0.2) is 0 Å². The molecule has 1 fully saturated rings. The minimum Gasteiger partial charge on any atom is -0.494 e. The van der Waals surface area contributed by atoms with E-state index in [1.54, 1.807) is 12.1 Å². The molecule has 1 heterocycles. The summed E-state index contributed by atoms with van der Waals surface area (Å²) in [6.07, 6.45) is 2.35. The number of nitrogens with zero attached hydrogens (tertiary/aromatic N) is 1. The third kappa shape index (κ3) is 4.75. The highest BCUT2D eigenvalue weighted by molar-refractivity contribution is 8.18. The summed E-state index contributed by atoms with van der Waals surface area (Å²) in [5.41, 5.74) is 1.84. The van der Waals surface area contributed by atoms with Gasteiger partial charge in [0.1, 0.15) is 11.5 Å². The van der Waals surface area contributed by atoms with E-state index < -0.39 is 0 Å². The Morgan fingerprint density at radius 2 is 1.75 bits per heavy atom. The van der Waals surface area contributed by atoms with Gasteiger partial charge in [-0.2, -0.15) is 0 Å². The highest BCUT2D eigenvalue weighted by Gasteiger charge is 2.34. The first-order chi connectivity index (χ1) is 13.6. The number of carbonyl (C=O) groups excluding carboxylic acids is 2. The van der Waals surface area contributed by atoms with E-state index in [4.69, 9.17) is 9.47 Å². The molecule has 2 amide bonds. The summed E-state index contributed by atoms with van der Waals surface area (Å²) in [6.45, 7) is 5.24. The van der Waals surface area contributed by atoms with Crippen LogP contribution in [0.25, 0.3) is 6.08 Å². The normalized spacial score (nSPS) is 15.4. The van der Waals surface area contributed by atoms with E-state index in [1.807, 2.05) is 56.3 Å². The molecule has 0 bridgehead atoms. The largest absolute Gasteiger partial charge is 0.494 e. The van der Waals surface area contributed by atoms with Crippen LogP contribution >= 0.6 is 11.8 Å². The van der Waals surface area contributed by atoms with Crippen molar-refractivity contribution in [1.82, 2.24) is 4.90 Å². The van der Waals surface area contributed by atoms with Gasteiger partial charge in [0, 0.05) is 18.2 Å². The molecule has 2 aromatic rings. The highest BCUT2D eigenvalue weighted by Crippen LogP contribution is 2.35. The average Bonchev–Trinajstić information content (AvgIpc) is 2.96. The Hall–Kier alpha value is -2.73. The number of benzene rings is 2. The van der Waals surface area contributed by atoms with E-state index in [-0.39, 0.29) is 11.1 Å². The Kier molecular flexibility index (Phi) is 6.76. The average molecular weight is 397 g/mol. The molecule has 6 heteroatoms. The SMILES string of the molecule is CCOc1ccc(/C=C2\SC(=O)N(CCc3ccccc3)C2=O)c(OCC)c1. The molecule has 0 spiro atoms. The lowest BCUT2D eigenvalue weighted by Crippen LogP contribution is -2.30. The molecule has 0 aliphatic carbocycles. The molecule has 0 unspecified atom stereocenters. The molecule has 0 aromatic heterocycles. The maximum Gasteiger partial charge on any atom is 0.293 e. The van der Waals surface area contributed by atoms with Gasteiger partial charge in [0.25, 0.3) is 11.1 Å². The molecule has 0 N–H and O–H groups in total. The smallest absolute Gasteiger partial charge is 0.293 e. The Balaban J connectivity index is 1.77. The molecule has 146 valence electrons. The van der Waals surface area contributed by atoms with Crippen molar-refractivity contribution in [1.29, 1.82) is 0 Å². The van der Waals surface area contributed by atoms with Crippen molar-refractivity contribution in [2.75, 3.05) is 19.8 Å². The van der Waals surface area contributed by atoms with Crippen molar-refractivity contribution in [2.24, 2.45) is 0 Å². The van der Waals surface area contributed by atoms with Gasteiger partial charge in [0.05, 0.1) is 18.1 Å². The van der Waals surface area contributed by atoms with Crippen LogP contribution in [0.1, 0.15) is 25.0 Å². The summed E-state index contributed by atoms with van der Waals surface area (Å²) < 4.78 is 11.2. The van der Waals surface area contributed by atoms with Crippen molar-refractivity contribution in [3.63, 3.8) is 0 Å². The molecule has 3 rings (SSSR count). The third-order valence-electron chi connectivity index (χ3n) is 4.22. The van der Waals surface area contributed by atoms with Crippen molar-refractivity contribution < 1.29 is 19.1 Å². The van der Waals surface area contributed by atoms with E-state index in [1.165, 1.54) is 4.90 Å². The van der Waals surface area contributed by atoms with Crippen molar-refractivity contribution in [3.8, 4) is 11.5 Å². The van der Waals surface area contributed by atoms with Gasteiger partial charge in [-0.1, -0.05) is 30.3 Å². The number of rotatable bonds is 8. The van der Waals surface area contributed by atoms with E-state index in [0.29, 0.717) is 42.6 Å². The fourth-order valence-corrected chi connectivity index (χ4v) is 3.75. The first-order valence-electron chi connectivity index (χ1n) is 9.31. The van der Waals surface area contributed by atoms with Gasteiger partial charge in [-0.3, -0.25) is 14.5 Å². The summed E-state index contributed by atoms with van der Waals surface area (Å²) in [5, 5.41) is -0.240. The van der Waals surface area contributed by atoms with E-state index in [0.717, 1.165) is 22.9 Å². The monoisotopic (exact) mass is 397 g/mol. The lowest BCUT2D eigenvalue weighted by molar-refractivity contribution is -0.122. The van der Waals surface area contributed by atoms with Crippen molar-refractivity contribution >= 4 is 29.0 Å². The molecule has 0 saturated carbocycles. The minimum absolute atomic E-state index is 0.240. The zero-order valence-corrected chi connectivity index (χ0v) is 16.8. The summed E-state index contributed by atoms with van der Waals surface area (Å²) in [6, 6.07) is 15.3. The van der Waals surface area contributed by atoms with Crippen LogP contribution in [0.2, 0.25) is 0 Å². The van der Waals surface area contributed by atoms with Crippen LogP contribution in [-0.4, -0.2) is 35.8 Å². The number of imide groups is 1. The number of carbonyl (C=O) groups is 2. The summed E-state index contributed by atoms with van der Waals surface area (Å²) in [5.74, 6) is 1.07. The van der Waals surface area contributed by atoms with Gasteiger partial charge >= 0.3 is 0 Å². The molecule has 28 heavy (non-hydrogen) atoms. The van der Waals surface area contributed by atoms with Gasteiger partial charge in [-0.05, 0) is 55.8 Å². The van der Waals surface area contributed by atoms with Gasteiger partial charge in [-0.15, -0.1) is 0 Å². The van der Waals surface area contributed by atoms with Crippen LogP contribution in [0.3, 0.4) is 0 Å². The van der Waals surface area contributed by atoms with Gasteiger partial charge < -0.3 is 9.47 Å². The van der Waals surface area contributed by atoms with Crippen LogP contribution < -0.4 is 9.47 Å². The molecular formula is C22H23NO4S. The molecule has 2 aromatic carbocycles. The van der Waals surface area contributed by atoms with E-state index in [2.05, 4.69) is 0 Å². The fraction of sp³-hybridized carbons (Fsp3) is 0.273. The van der Waals surface area contributed by atoms with Crippen molar-refractivity contribution in [2.45, 2.75) is 20.3 Å². The van der Waals surface area contributed by atoms with Crippen molar-refractivity contribution in [3.05, 3.63) is 64.6 Å². The molecule has 0 radical (unpaired) electrons. The zero-order valence-electron chi connectivity index (χ0n) is 16.0. The topological polar surface area (TPSA) is 55.8 Å². The minimum atomic E-state index is -0.262. The first kappa shape index (κ1) is 20.0. The molecule has 0 atom stereocenters. The number of ether oxygens (including phenoxy) is 2. The second kappa shape index (κ2) is 9.46. The molecule has 1 aliphatic rings. The highest BCUT2D eigenvalue weighted by atomic mass is 32.2. The lowest BCUT2D eigenvalue weighted by atomic mass is 10.1. The van der Waals surface area contributed by atoms with Crippen LogP contribution in [-0.2, 0) is 11.2 Å². The Bertz CT molecular complexity index is 879. The number of amides is 2. The molecule has 5 nitrogen and oxygen atoms in total. The predicted molar refractivity (Wildman–Crippen MR) is 112 cm³/mol. The second-order valence-electron chi connectivity index (χ2n) is 6.13. The van der Waals surface area contributed by atoms with E-state index >= 15 is 0 Å². The van der Waals surface area contributed by atoms with Gasteiger partial charge in [0.15, 0.2) is 0 Å². The molecule has 1 aliphatic heterocycles. The first-order valence-corrected chi connectivity index (χ1v) is 10.1. The fourth-order valence-electron chi connectivity index (χ4n) is 2.89. The van der Waals surface area contributed by atoms with E-state index in [9.17, 15) is 9.59 Å². The van der Waals surface area contributed by atoms with Crippen LogP contribution in [0.15, 0.2) is 53.4 Å². The number of hydrogen-bond acceptors (Lipinski definition) is 5. The Labute approximate surface area is 169 Å². The quantitative estimate of drug-likeness (QED) is 0.601. The summed E-state index contributed by atoms with van der Waals surface area (Å²) >= 11 is 0.965. The van der Waals surface area contributed by atoms with Crippen LogP contribution in [0.4, 0.5) is 4.79 Å². The summed E-state index contributed by atoms with van der Waals surface area (Å²) in [4.78, 5) is 26.8. The summed E-state index contributed by atoms with van der Waals surface area (Å²) in [7, 11) is 0. The zero-order chi connectivity index (χ0) is 19.9. The maximum atomic E-state index is 12.7. The Morgan fingerprint density at radius 3 is 2.46 bits per heavy atom. The number of thioether (sulfide) groups is 1.